The van der Waals surface area contributed by atoms with Crippen molar-refractivity contribution in [1.29, 1.82) is 0 Å². The fourth-order valence-electron chi connectivity index (χ4n) is 3.06. The molecule has 1 aliphatic rings. The van der Waals surface area contributed by atoms with Gasteiger partial charge in [-0.25, -0.2) is 4.98 Å². The topological polar surface area (TPSA) is 49.0 Å². The third-order valence-electron chi connectivity index (χ3n) is 4.39. The van der Waals surface area contributed by atoms with Crippen LogP contribution in [0.15, 0.2) is 23.6 Å². The summed E-state index contributed by atoms with van der Waals surface area (Å²) in [6.45, 7) is 5.79. The van der Waals surface area contributed by atoms with Crippen molar-refractivity contribution in [3.05, 3.63) is 35.4 Å². The molecule has 0 unspecified atom stereocenters. The fourth-order valence-corrected chi connectivity index (χ4v) is 3.87. The van der Waals surface area contributed by atoms with Crippen LogP contribution in [0.1, 0.15) is 34.6 Å². The number of carbonyl (C=O) groups excluding carboxylic acids is 1. The second-order valence-electron chi connectivity index (χ2n) is 6.06. The van der Waals surface area contributed by atoms with Crippen molar-refractivity contribution in [3.63, 3.8) is 0 Å². The van der Waals surface area contributed by atoms with Gasteiger partial charge in [-0.15, -0.1) is 0 Å². The summed E-state index contributed by atoms with van der Waals surface area (Å²) in [5.41, 5.74) is 2.99. The average Bonchev–Trinajstić information content (AvgIpc) is 3.23. The minimum atomic E-state index is 0.157. The Morgan fingerprint density at radius 3 is 2.96 bits per heavy atom. The maximum absolute atomic E-state index is 12.6. The summed E-state index contributed by atoms with van der Waals surface area (Å²) in [5.74, 6) is 0.569. The minimum absolute atomic E-state index is 0.157. The first kappa shape index (κ1) is 16.3. The second-order valence-corrected chi connectivity index (χ2v) is 7.01. The van der Waals surface area contributed by atoms with E-state index < -0.39 is 0 Å². The summed E-state index contributed by atoms with van der Waals surface area (Å²) < 4.78 is 9.87. The number of hydrogen-bond acceptors (Lipinski definition) is 4. The van der Waals surface area contributed by atoms with E-state index in [2.05, 4.69) is 16.5 Å². The highest BCUT2D eigenvalue weighted by Gasteiger charge is 2.21. The van der Waals surface area contributed by atoms with Gasteiger partial charge >= 0.3 is 0 Å². The monoisotopic (exact) mass is 333 g/mol. The number of ether oxygens (including phenoxy) is 1. The summed E-state index contributed by atoms with van der Waals surface area (Å²) >= 11 is 1.48. The van der Waals surface area contributed by atoms with E-state index in [9.17, 15) is 4.79 Å². The molecule has 0 aromatic carbocycles. The summed E-state index contributed by atoms with van der Waals surface area (Å²) in [4.78, 5) is 16.8. The molecule has 1 fully saturated rings. The zero-order chi connectivity index (χ0) is 16.4. The number of carbonyl (C=O) groups is 1. The van der Waals surface area contributed by atoms with Gasteiger partial charge < -0.3 is 13.9 Å². The highest BCUT2D eigenvalue weighted by Crippen LogP contribution is 2.23. The number of hydrogen-bond donors (Lipinski definition) is 0. The van der Waals surface area contributed by atoms with Crippen LogP contribution < -0.4 is 0 Å². The van der Waals surface area contributed by atoms with Gasteiger partial charge in [0, 0.05) is 49.5 Å². The molecule has 1 saturated heterocycles. The Kier molecular flexibility index (Phi) is 4.92. The van der Waals surface area contributed by atoms with E-state index >= 15 is 0 Å². The molecule has 124 valence electrons. The van der Waals surface area contributed by atoms with Crippen LogP contribution in [-0.4, -0.2) is 38.4 Å². The van der Waals surface area contributed by atoms with Gasteiger partial charge in [0.25, 0.3) is 0 Å². The molecule has 6 heteroatoms. The number of rotatable bonds is 6. The molecule has 3 heterocycles. The van der Waals surface area contributed by atoms with E-state index in [1.807, 2.05) is 30.8 Å². The van der Waals surface area contributed by atoms with Gasteiger partial charge in [0.2, 0.25) is 0 Å². The Morgan fingerprint density at radius 2 is 2.30 bits per heavy atom. The molecule has 0 spiro atoms. The van der Waals surface area contributed by atoms with Crippen molar-refractivity contribution < 1.29 is 9.53 Å². The van der Waals surface area contributed by atoms with Crippen molar-refractivity contribution in [1.82, 2.24) is 14.1 Å². The van der Waals surface area contributed by atoms with E-state index in [-0.39, 0.29) is 11.9 Å². The number of Topliss-reactive ketones (excluding diaryl/α,β-unsaturated/α-hetero) is 1. The summed E-state index contributed by atoms with van der Waals surface area (Å²) in [5, 5.41) is 0.867. The molecule has 2 aromatic heterocycles. The largest absolute Gasteiger partial charge is 0.376 e. The number of imidazole rings is 1. The Morgan fingerprint density at radius 1 is 1.48 bits per heavy atom. The standard InChI is InChI=1S/C17H23N3O2S/c1-12-9-15(13(2)20(12)10-14-5-4-8-22-14)16(21)11-23-17-18-6-7-19(17)3/h6-7,9,14H,4-5,8,10-11H2,1-3H3/t14-/m0/s1. The molecule has 2 aromatic rings. The lowest BCUT2D eigenvalue weighted by molar-refractivity contribution is 0.0957. The van der Waals surface area contributed by atoms with Crippen molar-refractivity contribution in [2.75, 3.05) is 12.4 Å². The number of aryl methyl sites for hydroxylation is 2. The van der Waals surface area contributed by atoms with Crippen LogP contribution in [0.2, 0.25) is 0 Å². The van der Waals surface area contributed by atoms with Crippen LogP contribution >= 0.6 is 11.8 Å². The highest BCUT2D eigenvalue weighted by atomic mass is 32.2. The van der Waals surface area contributed by atoms with Crippen LogP contribution in [-0.2, 0) is 18.3 Å². The van der Waals surface area contributed by atoms with Crippen LogP contribution in [0.3, 0.4) is 0 Å². The molecule has 0 amide bonds. The lowest BCUT2D eigenvalue weighted by atomic mass is 10.2. The van der Waals surface area contributed by atoms with Crippen LogP contribution in [0.4, 0.5) is 0 Å². The molecule has 0 N–H and O–H groups in total. The molecule has 23 heavy (non-hydrogen) atoms. The van der Waals surface area contributed by atoms with E-state index in [0.29, 0.717) is 5.75 Å². The highest BCUT2D eigenvalue weighted by molar-refractivity contribution is 7.99. The smallest absolute Gasteiger partial charge is 0.175 e. The van der Waals surface area contributed by atoms with E-state index in [1.165, 1.54) is 11.8 Å². The van der Waals surface area contributed by atoms with Gasteiger partial charge in [0.15, 0.2) is 10.9 Å². The summed E-state index contributed by atoms with van der Waals surface area (Å²) in [6.07, 6.45) is 6.16. The Bertz CT molecular complexity index is 699. The van der Waals surface area contributed by atoms with Gasteiger partial charge in [-0.05, 0) is 32.8 Å². The van der Waals surface area contributed by atoms with Crippen LogP contribution in [0.5, 0.6) is 0 Å². The predicted octanol–water partition coefficient (Wildman–Crippen LogP) is 2.99. The lowest BCUT2D eigenvalue weighted by Crippen LogP contribution is -2.17. The maximum atomic E-state index is 12.6. The molecule has 0 radical (unpaired) electrons. The lowest BCUT2D eigenvalue weighted by Gasteiger charge is -2.14. The summed E-state index contributed by atoms with van der Waals surface area (Å²) in [7, 11) is 1.94. The normalized spacial score (nSPS) is 17.8. The van der Waals surface area contributed by atoms with Crippen molar-refractivity contribution in [2.24, 2.45) is 7.05 Å². The van der Waals surface area contributed by atoms with Crippen molar-refractivity contribution >= 4 is 17.5 Å². The number of aromatic nitrogens is 3. The molecule has 0 saturated carbocycles. The minimum Gasteiger partial charge on any atom is -0.376 e. The van der Waals surface area contributed by atoms with Gasteiger partial charge in [-0.1, -0.05) is 11.8 Å². The Hall–Kier alpha value is -1.53. The quantitative estimate of drug-likeness (QED) is 0.602. The molecule has 0 bridgehead atoms. The zero-order valence-electron chi connectivity index (χ0n) is 13.9. The molecule has 3 rings (SSSR count). The fraction of sp³-hybridized carbons (Fsp3) is 0.529. The first-order valence-corrected chi connectivity index (χ1v) is 8.96. The molecular weight excluding hydrogens is 310 g/mol. The predicted molar refractivity (Wildman–Crippen MR) is 91.1 cm³/mol. The van der Waals surface area contributed by atoms with Gasteiger partial charge in [-0.3, -0.25) is 4.79 Å². The SMILES string of the molecule is Cc1cc(C(=O)CSc2nccn2C)c(C)n1C[C@@H]1CCCO1. The second kappa shape index (κ2) is 6.93. The van der Waals surface area contributed by atoms with Gasteiger partial charge in [0.05, 0.1) is 11.9 Å². The van der Waals surface area contributed by atoms with Gasteiger partial charge in [0.1, 0.15) is 0 Å². The average molecular weight is 333 g/mol. The number of nitrogens with zero attached hydrogens (tertiary/aromatic N) is 3. The molecule has 1 atom stereocenters. The van der Waals surface area contributed by atoms with Crippen molar-refractivity contribution in [3.8, 4) is 0 Å². The zero-order valence-corrected chi connectivity index (χ0v) is 14.7. The first-order valence-electron chi connectivity index (χ1n) is 7.98. The Labute approximate surface area is 141 Å². The first-order chi connectivity index (χ1) is 11.1. The van der Waals surface area contributed by atoms with Crippen molar-refractivity contribution in [2.45, 2.75) is 44.5 Å². The Balaban J connectivity index is 1.69. The molecular formula is C17H23N3O2S. The number of ketones is 1. The molecule has 0 aliphatic carbocycles. The number of thioether (sulfide) groups is 1. The maximum Gasteiger partial charge on any atom is 0.175 e. The summed E-state index contributed by atoms with van der Waals surface area (Å²) in [6, 6.07) is 2.01. The van der Waals surface area contributed by atoms with Crippen LogP contribution in [0.25, 0.3) is 0 Å². The third kappa shape index (κ3) is 3.53. The molecule has 1 aliphatic heterocycles. The van der Waals surface area contributed by atoms with E-state index in [4.69, 9.17) is 4.74 Å². The van der Waals surface area contributed by atoms with Gasteiger partial charge in [-0.2, -0.15) is 0 Å². The molecule has 5 nitrogen and oxygen atoms in total. The van der Waals surface area contributed by atoms with E-state index in [1.54, 1.807) is 6.20 Å². The van der Waals surface area contributed by atoms with Crippen LogP contribution in [0, 0.1) is 13.8 Å². The third-order valence-corrected chi connectivity index (χ3v) is 5.45. The van der Waals surface area contributed by atoms with E-state index in [0.717, 1.165) is 48.1 Å².